The molecule has 1 aliphatic carbocycles. The van der Waals surface area contributed by atoms with E-state index in [1.54, 1.807) is 0 Å². The Morgan fingerprint density at radius 1 is 0.833 bits per heavy atom. The van der Waals surface area contributed by atoms with Crippen LogP contribution in [0.15, 0.2) is 77.7 Å². The molecule has 5 heteroatoms. The van der Waals surface area contributed by atoms with Crippen LogP contribution in [0.1, 0.15) is 22.3 Å². The molecule has 0 bridgehead atoms. The van der Waals surface area contributed by atoms with E-state index in [2.05, 4.69) is 12.1 Å². The van der Waals surface area contributed by atoms with Gasteiger partial charge in [-0.2, -0.15) is 10.5 Å². The Labute approximate surface area is 172 Å². The molecule has 0 aromatic heterocycles. The molecule has 2 aliphatic heterocycles. The number of hydrogen-bond donors (Lipinski definition) is 1. The third-order valence-electron chi connectivity index (χ3n) is 6.42. The number of ether oxygens (including phenoxy) is 2. The van der Waals surface area contributed by atoms with Crippen LogP contribution in [0.25, 0.3) is 16.5 Å². The highest BCUT2D eigenvalue weighted by atomic mass is 16.7. The first-order valence-electron chi connectivity index (χ1n) is 9.61. The molecule has 2 heterocycles. The number of hydrogen-bond acceptors (Lipinski definition) is 5. The van der Waals surface area contributed by atoms with Crippen LogP contribution in [0.5, 0.6) is 0 Å². The highest BCUT2D eigenvalue weighted by Gasteiger charge is 2.76. The maximum Gasteiger partial charge on any atom is 0.299 e. The Morgan fingerprint density at radius 2 is 1.50 bits per heavy atom. The summed E-state index contributed by atoms with van der Waals surface area (Å²) in [6.07, 6.45) is 0. The predicted molar refractivity (Wildman–Crippen MR) is 110 cm³/mol. The van der Waals surface area contributed by atoms with E-state index < -0.39 is 11.2 Å². The lowest BCUT2D eigenvalue weighted by molar-refractivity contribution is -0.176. The summed E-state index contributed by atoms with van der Waals surface area (Å²) in [7, 11) is 0. The van der Waals surface area contributed by atoms with Crippen molar-refractivity contribution in [3.8, 4) is 12.1 Å². The zero-order valence-electron chi connectivity index (χ0n) is 16.1. The van der Waals surface area contributed by atoms with Gasteiger partial charge in [-0.05, 0) is 23.3 Å². The highest BCUT2D eigenvalue weighted by molar-refractivity contribution is 5.99. The minimum Gasteiger partial charge on any atom is -0.445 e. The Balaban J connectivity index is 1.79. The van der Waals surface area contributed by atoms with E-state index in [9.17, 15) is 10.5 Å². The van der Waals surface area contributed by atoms with E-state index in [4.69, 9.17) is 15.2 Å². The van der Waals surface area contributed by atoms with Gasteiger partial charge in [0.15, 0.2) is 5.41 Å². The molecule has 0 fully saturated rings. The van der Waals surface area contributed by atoms with Crippen LogP contribution in [0.3, 0.4) is 0 Å². The Bertz CT molecular complexity index is 1430. The number of nitrogens with two attached hydrogens (primary N) is 1. The minimum atomic E-state index is -1.41. The first kappa shape index (κ1) is 16.7. The van der Waals surface area contributed by atoms with E-state index in [1.165, 1.54) is 0 Å². The minimum absolute atomic E-state index is 0.000266. The van der Waals surface area contributed by atoms with Crippen LogP contribution in [-0.2, 0) is 20.7 Å². The summed E-state index contributed by atoms with van der Waals surface area (Å²) in [5.74, 6) is -0.986. The summed E-state index contributed by atoms with van der Waals surface area (Å²) >= 11 is 0. The lowest BCUT2D eigenvalue weighted by atomic mass is 9.68. The molecule has 0 saturated carbocycles. The second kappa shape index (κ2) is 5.23. The molecule has 0 amide bonds. The summed E-state index contributed by atoms with van der Waals surface area (Å²) in [4.78, 5) is 0. The fraction of sp³-hybridized carbons (Fsp3) is 0.120. The second-order valence-corrected chi connectivity index (χ2v) is 7.81. The number of aryl methyl sites for hydroxylation is 1. The van der Waals surface area contributed by atoms with Crippen molar-refractivity contribution in [2.45, 2.75) is 18.1 Å². The average Bonchev–Trinajstić information content (AvgIpc) is 3.27. The average molecular weight is 389 g/mol. The van der Waals surface area contributed by atoms with E-state index in [-0.39, 0.29) is 11.5 Å². The molecule has 3 aromatic carbocycles. The highest BCUT2D eigenvalue weighted by Crippen LogP contribution is 2.71. The van der Waals surface area contributed by atoms with Crippen molar-refractivity contribution in [1.82, 2.24) is 0 Å². The Kier molecular flexibility index (Phi) is 2.91. The fourth-order valence-corrected chi connectivity index (χ4v) is 5.25. The van der Waals surface area contributed by atoms with Crippen molar-refractivity contribution in [2.75, 3.05) is 0 Å². The van der Waals surface area contributed by atoms with Gasteiger partial charge >= 0.3 is 0 Å². The van der Waals surface area contributed by atoms with E-state index in [1.807, 2.05) is 67.6 Å². The topological polar surface area (TPSA) is 92.1 Å². The summed E-state index contributed by atoms with van der Waals surface area (Å²) in [6, 6.07) is 24.1. The molecule has 3 aliphatic rings. The largest absolute Gasteiger partial charge is 0.445 e. The predicted octanol–water partition coefficient (Wildman–Crippen LogP) is 4.24. The third kappa shape index (κ3) is 1.57. The maximum absolute atomic E-state index is 10.4. The van der Waals surface area contributed by atoms with Crippen LogP contribution in [0.2, 0.25) is 0 Å². The first-order chi connectivity index (χ1) is 14.6. The van der Waals surface area contributed by atoms with Crippen molar-refractivity contribution < 1.29 is 9.47 Å². The summed E-state index contributed by atoms with van der Waals surface area (Å²) < 4.78 is 12.7. The van der Waals surface area contributed by atoms with Gasteiger partial charge in [0.25, 0.3) is 5.79 Å². The van der Waals surface area contributed by atoms with Crippen molar-refractivity contribution in [2.24, 2.45) is 5.73 Å². The van der Waals surface area contributed by atoms with Crippen LogP contribution in [0.4, 0.5) is 0 Å². The fourth-order valence-electron chi connectivity index (χ4n) is 5.25. The molecule has 5 nitrogen and oxygen atoms in total. The lowest BCUT2D eigenvalue weighted by Crippen LogP contribution is -2.43. The zero-order chi connectivity index (χ0) is 20.7. The molecular formula is C25H15N3O2. The molecule has 0 unspecified atom stereocenters. The molecule has 0 saturated heterocycles. The number of benzene rings is 3. The van der Waals surface area contributed by atoms with Gasteiger partial charge in [-0.25, -0.2) is 0 Å². The molecule has 3 aromatic rings. The molecular weight excluding hydrogens is 374 g/mol. The Hall–Kier alpha value is -4.22. The smallest absolute Gasteiger partial charge is 0.299 e. The molecule has 142 valence electrons. The normalized spacial score (nSPS) is 25.4. The van der Waals surface area contributed by atoms with Crippen LogP contribution in [0, 0.1) is 29.6 Å². The number of nitrogens with zero attached hydrogens (tertiary/aromatic N) is 2. The molecule has 0 spiro atoms. The summed E-state index contributed by atoms with van der Waals surface area (Å²) in [5.41, 5.74) is 8.96. The van der Waals surface area contributed by atoms with Crippen LogP contribution in [-0.4, -0.2) is 0 Å². The van der Waals surface area contributed by atoms with E-state index in [0.29, 0.717) is 11.3 Å². The Morgan fingerprint density at radius 3 is 2.17 bits per heavy atom. The summed E-state index contributed by atoms with van der Waals surface area (Å²) in [6.45, 7) is 2.00. The molecule has 2 atom stereocenters. The van der Waals surface area contributed by atoms with Crippen molar-refractivity contribution in [1.29, 1.82) is 10.5 Å². The van der Waals surface area contributed by atoms with Crippen molar-refractivity contribution in [3.63, 3.8) is 0 Å². The molecule has 30 heavy (non-hydrogen) atoms. The van der Waals surface area contributed by atoms with Gasteiger partial charge in [0.1, 0.15) is 23.5 Å². The molecule has 2 N–H and O–H groups in total. The maximum atomic E-state index is 10.4. The molecule has 0 radical (unpaired) electrons. The van der Waals surface area contributed by atoms with Crippen LogP contribution >= 0.6 is 0 Å². The van der Waals surface area contributed by atoms with Gasteiger partial charge in [0.05, 0.1) is 5.57 Å². The quantitative estimate of drug-likeness (QED) is 0.672. The van der Waals surface area contributed by atoms with Gasteiger partial charge in [-0.3, -0.25) is 0 Å². The number of rotatable bonds is 1. The standard InChI is InChI=1S/C25H15N3O2/c1-14-8-10-16(11-9-14)22-19(12-26)24-17-6-2-4-15-5-3-7-18(21(15)17)25(24,29-22)30-23(28)20(24)13-27/h2-11H,28H2,1H3/t24-,25+/m0/s1. The second-order valence-electron chi connectivity index (χ2n) is 7.81. The third-order valence-corrected chi connectivity index (χ3v) is 6.42. The SMILES string of the molecule is Cc1ccc(C2=C(C#N)[C@@]34C(C#N)=C(N)O[C@]3(O2)c2cccc3cccc4c23)cc1. The number of nitriles is 2. The first-order valence-corrected chi connectivity index (χ1v) is 9.61. The molecule has 6 rings (SSSR count). The summed E-state index contributed by atoms with van der Waals surface area (Å²) in [5, 5.41) is 22.4. The van der Waals surface area contributed by atoms with Gasteiger partial charge in [0, 0.05) is 11.1 Å². The van der Waals surface area contributed by atoms with Gasteiger partial charge in [-0.15, -0.1) is 0 Å². The van der Waals surface area contributed by atoms with E-state index in [0.717, 1.165) is 33.0 Å². The zero-order valence-corrected chi connectivity index (χ0v) is 16.1. The van der Waals surface area contributed by atoms with Gasteiger partial charge in [0.2, 0.25) is 5.88 Å². The van der Waals surface area contributed by atoms with Crippen molar-refractivity contribution >= 4 is 16.5 Å². The van der Waals surface area contributed by atoms with Gasteiger partial charge in [-0.1, -0.05) is 66.2 Å². The monoisotopic (exact) mass is 389 g/mol. The van der Waals surface area contributed by atoms with Gasteiger partial charge < -0.3 is 15.2 Å². The van der Waals surface area contributed by atoms with Crippen molar-refractivity contribution in [3.05, 3.63) is 99.9 Å². The van der Waals surface area contributed by atoms with Crippen LogP contribution < -0.4 is 5.73 Å². The van der Waals surface area contributed by atoms with E-state index >= 15 is 0 Å². The lowest BCUT2D eigenvalue weighted by Gasteiger charge is -2.33.